The molecule has 0 spiro atoms. The van der Waals surface area contributed by atoms with Gasteiger partial charge in [0.2, 0.25) is 0 Å². The smallest absolute Gasteiger partial charge is 0.363 e. The molecule has 0 aliphatic carbocycles. The van der Waals surface area contributed by atoms with E-state index in [-0.39, 0.29) is 34.7 Å². The fraction of sp³-hybridized carbons (Fsp3) is 0.269. The summed E-state index contributed by atoms with van der Waals surface area (Å²) in [6, 6.07) is 10.5. The van der Waals surface area contributed by atoms with Gasteiger partial charge in [0.25, 0.3) is 5.91 Å². The number of pyridine rings is 2. The maximum absolute atomic E-state index is 14.1. The van der Waals surface area contributed by atoms with Crippen LogP contribution in [-0.2, 0) is 6.18 Å². The van der Waals surface area contributed by atoms with Gasteiger partial charge in [-0.2, -0.15) is 13.2 Å². The number of hydrogen-bond acceptors (Lipinski definition) is 4. The summed E-state index contributed by atoms with van der Waals surface area (Å²) in [5.41, 5.74) is -0.291. The molecule has 4 aromatic rings. The minimum atomic E-state index is -4.74. The van der Waals surface area contributed by atoms with Crippen LogP contribution in [0.1, 0.15) is 34.0 Å². The van der Waals surface area contributed by atoms with Gasteiger partial charge in [0.15, 0.2) is 11.3 Å². The molecule has 4 heterocycles. The lowest BCUT2D eigenvalue weighted by Gasteiger charge is -2.15. The number of carbonyl (C=O) groups excluding carboxylic acids is 1. The lowest BCUT2D eigenvalue weighted by atomic mass is 9.98. The van der Waals surface area contributed by atoms with E-state index in [1.807, 2.05) is 0 Å². The third-order valence-corrected chi connectivity index (χ3v) is 6.87. The predicted molar refractivity (Wildman–Crippen MR) is 132 cm³/mol. The van der Waals surface area contributed by atoms with Crippen LogP contribution in [0.3, 0.4) is 0 Å². The van der Waals surface area contributed by atoms with Crippen molar-refractivity contribution in [3.8, 4) is 11.1 Å². The summed E-state index contributed by atoms with van der Waals surface area (Å²) < 4.78 is 56.9. The molecule has 3 aromatic heterocycles. The Hall–Kier alpha value is -3.66. The van der Waals surface area contributed by atoms with Gasteiger partial charge in [0.1, 0.15) is 16.8 Å². The second-order valence-electron chi connectivity index (χ2n) is 9.18. The van der Waals surface area contributed by atoms with Crippen LogP contribution in [0.4, 0.5) is 23.4 Å². The highest BCUT2D eigenvalue weighted by atomic mass is 35.5. The molecule has 1 aliphatic rings. The van der Waals surface area contributed by atoms with Gasteiger partial charge in [-0.05, 0) is 42.3 Å². The Morgan fingerprint density at radius 3 is 2.57 bits per heavy atom. The average molecular weight is 532 g/mol. The molecule has 0 bridgehead atoms. The molecule has 1 amide bonds. The quantitative estimate of drug-likeness (QED) is 0.308. The Labute approximate surface area is 215 Å². The number of amides is 1. The summed E-state index contributed by atoms with van der Waals surface area (Å²) >= 11 is 6.47. The second-order valence-corrected chi connectivity index (χ2v) is 9.53. The Morgan fingerprint density at radius 1 is 1.14 bits per heavy atom. The van der Waals surface area contributed by atoms with E-state index >= 15 is 0 Å². The number of likely N-dealkylation sites (tertiary alicyclic amines) is 1. The standard InChI is InChI=1S/C26H22ClF4N5O/c1-34(2)21-7-6-16(12-32-21)18-11-20(26(29,30)31)24-33-22(23(27)36(24)14-18)25(37)35-9-8-17(13-35)15-4-3-5-19(28)10-15/h3-7,10-12,14,17H,8-9,13H2,1-2H3. The van der Waals surface area contributed by atoms with Gasteiger partial charge in [0, 0.05) is 56.6 Å². The zero-order valence-electron chi connectivity index (χ0n) is 19.9. The van der Waals surface area contributed by atoms with E-state index in [1.54, 1.807) is 43.3 Å². The fourth-order valence-electron chi connectivity index (χ4n) is 4.57. The average Bonchev–Trinajstić information content (AvgIpc) is 3.48. The highest BCUT2D eigenvalue weighted by molar-refractivity contribution is 6.33. The molecule has 0 radical (unpaired) electrons. The van der Waals surface area contributed by atoms with Crippen LogP contribution in [0.25, 0.3) is 16.8 Å². The number of aromatic nitrogens is 3. The molecule has 0 saturated carbocycles. The van der Waals surface area contributed by atoms with Crippen molar-refractivity contribution < 1.29 is 22.4 Å². The van der Waals surface area contributed by atoms with Crippen molar-refractivity contribution in [2.75, 3.05) is 32.1 Å². The summed E-state index contributed by atoms with van der Waals surface area (Å²) in [6.07, 6.45) is -1.25. The van der Waals surface area contributed by atoms with Gasteiger partial charge >= 0.3 is 6.18 Å². The van der Waals surface area contributed by atoms with Crippen molar-refractivity contribution in [1.29, 1.82) is 0 Å². The zero-order valence-corrected chi connectivity index (χ0v) is 20.7. The molecule has 1 saturated heterocycles. The van der Waals surface area contributed by atoms with Crippen LogP contribution in [0.2, 0.25) is 5.15 Å². The monoisotopic (exact) mass is 531 g/mol. The van der Waals surface area contributed by atoms with Crippen molar-refractivity contribution in [1.82, 2.24) is 19.3 Å². The predicted octanol–water partition coefficient (Wildman–Crippen LogP) is 5.90. The van der Waals surface area contributed by atoms with Gasteiger partial charge < -0.3 is 9.80 Å². The molecule has 192 valence electrons. The number of fused-ring (bicyclic) bond motifs is 1. The Balaban J connectivity index is 1.52. The summed E-state index contributed by atoms with van der Waals surface area (Å²) in [7, 11) is 3.61. The highest BCUT2D eigenvalue weighted by Crippen LogP contribution is 2.38. The number of nitrogens with zero attached hydrogens (tertiary/aromatic N) is 5. The molecule has 1 unspecified atom stereocenters. The van der Waals surface area contributed by atoms with E-state index in [1.165, 1.54) is 29.4 Å². The minimum Gasteiger partial charge on any atom is -0.363 e. The van der Waals surface area contributed by atoms with Crippen LogP contribution >= 0.6 is 11.6 Å². The Bertz CT molecular complexity index is 1480. The number of anilines is 1. The first-order valence-electron chi connectivity index (χ1n) is 11.5. The molecule has 5 rings (SSSR count). The van der Waals surface area contributed by atoms with Crippen molar-refractivity contribution >= 4 is 29.0 Å². The molecule has 1 fully saturated rings. The maximum atomic E-state index is 14.1. The van der Waals surface area contributed by atoms with Crippen LogP contribution in [0.15, 0.2) is 54.9 Å². The molecule has 1 aromatic carbocycles. The molecular formula is C26H22ClF4N5O. The molecule has 37 heavy (non-hydrogen) atoms. The number of halogens is 5. The number of imidazole rings is 1. The van der Waals surface area contributed by atoms with Crippen molar-refractivity contribution in [3.05, 3.63) is 82.6 Å². The second kappa shape index (κ2) is 9.33. The van der Waals surface area contributed by atoms with Crippen LogP contribution in [0, 0.1) is 5.82 Å². The van der Waals surface area contributed by atoms with E-state index in [0.717, 1.165) is 16.0 Å². The summed E-state index contributed by atoms with van der Waals surface area (Å²) in [6.45, 7) is 0.638. The van der Waals surface area contributed by atoms with Crippen molar-refractivity contribution in [2.45, 2.75) is 18.5 Å². The number of alkyl halides is 3. The zero-order chi connectivity index (χ0) is 26.5. The number of hydrogen-bond donors (Lipinski definition) is 0. The third kappa shape index (κ3) is 4.73. The molecule has 1 aliphatic heterocycles. The maximum Gasteiger partial charge on any atom is 0.420 e. The number of rotatable bonds is 4. The van der Waals surface area contributed by atoms with E-state index in [9.17, 15) is 22.4 Å². The Kier molecular flexibility index (Phi) is 6.31. The van der Waals surface area contributed by atoms with Crippen molar-refractivity contribution in [3.63, 3.8) is 0 Å². The lowest BCUT2D eigenvalue weighted by molar-refractivity contribution is -0.136. The van der Waals surface area contributed by atoms with Crippen molar-refractivity contribution in [2.24, 2.45) is 0 Å². The molecule has 6 nitrogen and oxygen atoms in total. The Morgan fingerprint density at radius 2 is 1.92 bits per heavy atom. The van der Waals surface area contributed by atoms with Gasteiger partial charge in [-0.1, -0.05) is 23.7 Å². The molecule has 1 atom stereocenters. The van der Waals surface area contributed by atoms with Gasteiger partial charge in [-0.15, -0.1) is 0 Å². The molecular weight excluding hydrogens is 510 g/mol. The first kappa shape index (κ1) is 25.0. The van der Waals surface area contributed by atoms with E-state index in [0.29, 0.717) is 24.3 Å². The summed E-state index contributed by atoms with van der Waals surface area (Å²) in [5, 5.41) is -0.209. The van der Waals surface area contributed by atoms with Crippen LogP contribution in [-0.4, -0.2) is 52.4 Å². The van der Waals surface area contributed by atoms with Crippen LogP contribution in [0.5, 0.6) is 0 Å². The SMILES string of the molecule is CN(C)c1ccc(-c2cc(C(F)(F)F)c3nc(C(=O)N4CCC(c5cccc(F)c5)C4)c(Cl)n3c2)cn1. The number of benzene rings is 1. The molecule has 11 heteroatoms. The lowest BCUT2D eigenvalue weighted by Crippen LogP contribution is -2.29. The third-order valence-electron chi connectivity index (χ3n) is 6.50. The molecule has 0 N–H and O–H groups in total. The van der Waals surface area contributed by atoms with Gasteiger partial charge in [-0.3, -0.25) is 9.20 Å². The minimum absolute atomic E-state index is 0.0922. The van der Waals surface area contributed by atoms with Gasteiger partial charge in [-0.25, -0.2) is 14.4 Å². The summed E-state index contributed by atoms with van der Waals surface area (Å²) in [4.78, 5) is 24.9. The van der Waals surface area contributed by atoms with Gasteiger partial charge in [0.05, 0.1) is 5.56 Å². The van der Waals surface area contributed by atoms with Crippen LogP contribution < -0.4 is 4.90 Å². The van der Waals surface area contributed by atoms with E-state index < -0.39 is 23.3 Å². The topological polar surface area (TPSA) is 53.7 Å². The van der Waals surface area contributed by atoms with E-state index in [2.05, 4.69) is 9.97 Å². The number of carbonyl (C=O) groups is 1. The summed E-state index contributed by atoms with van der Waals surface area (Å²) in [5.74, 6) is -0.381. The highest BCUT2D eigenvalue weighted by Gasteiger charge is 2.37. The first-order chi connectivity index (χ1) is 17.5. The largest absolute Gasteiger partial charge is 0.420 e. The first-order valence-corrected chi connectivity index (χ1v) is 11.9. The fourth-order valence-corrected chi connectivity index (χ4v) is 4.82. The van der Waals surface area contributed by atoms with E-state index in [4.69, 9.17) is 11.6 Å². The normalized spacial score (nSPS) is 16.0.